The van der Waals surface area contributed by atoms with Crippen LogP contribution in [0.2, 0.25) is 0 Å². The van der Waals surface area contributed by atoms with E-state index in [0.29, 0.717) is 0 Å². The minimum atomic E-state index is 0. The number of para-hydroxylation sites is 1. The Morgan fingerprint density at radius 3 is 2.63 bits per heavy atom. The van der Waals surface area contributed by atoms with E-state index in [-0.39, 0.29) is 20.1 Å². The molecule has 95 valence electrons. The maximum absolute atomic E-state index is 5.88. The Morgan fingerprint density at radius 2 is 1.79 bits per heavy atom. The Kier molecular flexibility index (Phi) is 2.93. The molecule has 0 fully saturated rings. The van der Waals surface area contributed by atoms with Crippen molar-refractivity contribution in [2.45, 2.75) is 0 Å². The third-order valence-electron chi connectivity index (χ3n) is 2.94. The first-order valence-electron chi connectivity index (χ1n) is 5.62. The number of nitrogens with zero attached hydrogens (tertiary/aromatic N) is 3. The summed E-state index contributed by atoms with van der Waals surface area (Å²) in [6, 6.07) is 14.9. The average molecular weight is 426 g/mol. The van der Waals surface area contributed by atoms with Crippen LogP contribution >= 0.6 is 0 Å². The zero-order valence-corrected chi connectivity index (χ0v) is 12.1. The van der Waals surface area contributed by atoms with Crippen LogP contribution < -0.4 is 0 Å². The van der Waals surface area contributed by atoms with Crippen LogP contribution in [-0.2, 0) is 20.1 Å². The van der Waals surface area contributed by atoms with E-state index in [1.54, 1.807) is 12.4 Å². The second kappa shape index (κ2) is 4.61. The molecule has 5 heteroatoms. The van der Waals surface area contributed by atoms with E-state index in [1.807, 2.05) is 36.4 Å². The summed E-state index contributed by atoms with van der Waals surface area (Å²) in [4.78, 5) is 1.52. The standard InChI is InChI=1S/C14H8N3O.Ir/c1-2-7-13-10(4-1)11-5-3-6-12(14(11)18-13)17-15-8-9-16-17;/h1-5,7-9H;/q-1;. The molecular formula is C14H8IrN3O-. The van der Waals surface area contributed by atoms with Gasteiger partial charge in [0.15, 0.2) is 0 Å². The Hall–Kier alpha value is -1.97. The Labute approximate surface area is 122 Å². The van der Waals surface area contributed by atoms with Crippen molar-refractivity contribution >= 4 is 21.9 Å². The maximum atomic E-state index is 5.88. The molecule has 0 atom stereocenters. The molecule has 4 rings (SSSR count). The molecule has 1 radical (unpaired) electrons. The van der Waals surface area contributed by atoms with E-state index < -0.39 is 0 Å². The van der Waals surface area contributed by atoms with Crippen LogP contribution in [0.15, 0.2) is 53.2 Å². The van der Waals surface area contributed by atoms with Crippen molar-refractivity contribution in [1.29, 1.82) is 0 Å². The van der Waals surface area contributed by atoms with Crippen LogP contribution in [0, 0.1) is 6.07 Å². The fourth-order valence-electron chi connectivity index (χ4n) is 2.16. The van der Waals surface area contributed by atoms with Gasteiger partial charge < -0.3 is 4.42 Å². The summed E-state index contributed by atoms with van der Waals surface area (Å²) in [5.74, 6) is 0. The van der Waals surface area contributed by atoms with Gasteiger partial charge in [0.25, 0.3) is 0 Å². The van der Waals surface area contributed by atoms with Gasteiger partial charge in [0, 0.05) is 36.8 Å². The second-order valence-electron chi connectivity index (χ2n) is 3.99. The van der Waals surface area contributed by atoms with Crippen molar-refractivity contribution in [2.24, 2.45) is 0 Å². The van der Waals surface area contributed by atoms with Gasteiger partial charge >= 0.3 is 0 Å². The summed E-state index contributed by atoms with van der Waals surface area (Å²) in [5.41, 5.74) is 2.35. The van der Waals surface area contributed by atoms with Crippen LogP contribution in [0.25, 0.3) is 27.6 Å². The smallest absolute Gasteiger partial charge is 0.116 e. The molecule has 0 N–H and O–H groups in total. The van der Waals surface area contributed by atoms with Gasteiger partial charge in [-0.1, -0.05) is 23.6 Å². The fourth-order valence-corrected chi connectivity index (χ4v) is 2.16. The first-order valence-corrected chi connectivity index (χ1v) is 5.62. The monoisotopic (exact) mass is 427 g/mol. The first-order chi connectivity index (χ1) is 8.93. The summed E-state index contributed by atoms with van der Waals surface area (Å²) in [7, 11) is 0. The largest absolute Gasteiger partial charge is 0.513 e. The summed E-state index contributed by atoms with van der Waals surface area (Å²) in [6.45, 7) is 0. The molecule has 0 unspecified atom stereocenters. The van der Waals surface area contributed by atoms with E-state index in [0.717, 1.165) is 27.6 Å². The molecule has 0 aliphatic carbocycles. The van der Waals surface area contributed by atoms with E-state index in [4.69, 9.17) is 4.42 Å². The third-order valence-corrected chi connectivity index (χ3v) is 2.94. The van der Waals surface area contributed by atoms with Crippen molar-refractivity contribution in [1.82, 2.24) is 15.0 Å². The van der Waals surface area contributed by atoms with Gasteiger partial charge in [0.2, 0.25) is 0 Å². The number of furan rings is 1. The molecule has 4 aromatic rings. The van der Waals surface area contributed by atoms with E-state index in [9.17, 15) is 0 Å². The molecule has 0 aliphatic rings. The third kappa shape index (κ3) is 1.79. The Morgan fingerprint density at radius 1 is 1.00 bits per heavy atom. The summed E-state index contributed by atoms with van der Waals surface area (Å²) in [5, 5.41) is 10.4. The molecule has 19 heavy (non-hydrogen) atoms. The van der Waals surface area contributed by atoms with Crippen LogP contribution in [0.1, 0.15) is 0 Å². The van der Waals surface area contributed by atoms with Gasteiger partial charge in [-0.3, -0.25) is 0 Å². The van der Waals surface area contributed by atoms with Crippen molar-refractivity contribution in [3.8, 4) is 5.69 Å². The van der Waals surface area contributed by atoms with Gasteiger partial charge in [-0.25, -0.2) is 0 Å². The second-order valence-corrected chi connectivity index (χ2v) is 3.99. The molecule has 0 amide bonds. The number of fused-ring (bicyclic) bond motifs is 3. The van der Waals surface area contributed by atoms with Crippen molar-refractivity contribution in [3.05, 3.63) is 54.9 Å². The van der Waals surface area contributed by atoms with Crippen molar-refractivity contribution < 1.29 is 24.5 Å². The van der Waals surface area contributed by atoms with Gasteiger partial charge in [-0.05, 0) is 6.07 Å². The maximum Gasteiger partial charge on any atom is 0.116 e. The normalized spacial score (nSPS) is 10.7. The van der Waals surface area contributed by atoms with E-state index in [2.05, 4.69) is 16.3 Å². The molecule has 0 spiro atoms. The fraction of sp³-hybridized carbons (Fsp3) is 0. The SMILES string of the molecule is [Ir].[c-]1ccc2c(oc3ccccc32)c1-n1nccn1. The topological polar surface area (TPSA) is 43.9 Å². The minimum Gasteiger partial charge on any atom is -0.513 e. The van der Waals surface area contributed by atoms with E-state index in [1.165, 1.54) is 4.80 Å². The van der Waals surface area contributed by atoms with Crippen LogP contribution in [0.4, 0.5) is 0 Å². The molecule has 0 aliphatic heterocycles. The number of hydrogen-bond donors (Lipinski definition) is 0. The predicted molar refractivity (Wildman–Crippen MR) is 67.5 cm³/mol. The first kappa shape index (κ1) is 12.1. The number of aromatic nitrogens is 3. The molecule has 0 saturated carbocycles. The van der Waals surface area contributed by atoms with Crippen molar-refractivity contribution in [3.63, 3.8) is 0 Å². The quantitative estimate of drug-likeness (QED) is 0.440. The Balaban J connectivity index is 0.00000110. The average Bonchev–Trinajstić information content (AvgIpc) is 3.05. The van der Waals surface area contributed by atoms with Gasteiger partial charge in [0.1, 0.15) is 5.58 Å². The predicted octanol–water partition coefficient (Wildman–Crippen LogP) is 2.96. The summed E-state index contributed by atoms with van der Waals surface area (Å²) in [6.07, 6.45) is 3.27. The molecule has 0 bridgehead atoms. The van der Waals surface area contributed by atoms with Crippen LogP contribution in [0.3, 0.4) is 0 Å². The zero-order valence-electron chi connectivity index (χ0n) is 9.70. The van der Waals surface area contributed by atoms with E-state index >= 15 is 0 Å². The molecule has 2 heterocycles. The van der Waals surface area contributed by atoms with Crippen LogP contribution in [0.5, 0.6) is 0 Å². The van der Waals surface area contributed by atoms with Gasteiger partial charge in [0.05, 0.1) is 12.4 Å². The molecular weight excluding hydrogens is 418 g/mol. The summed E-state index contributed by atoms with van der Waals surface area (Å²) >= 11 is 0. The molecule has 0 saturated heterocycles. The number of benzene rings is 2. The molecule has 4 nitrogen and oxygen atoms in total. The van der Waals surface area contributed by atoms with Gasteiger partial charge in [-0.15, -0.1) is 0 Å². The summed E-state index contributed by atoms with van der Waals surface area (Å²) < 4.78 is 5.88. The van der Waals surface area contributed by atoms with Crippen LogP contribution in [-0.4, -0.2) is 15.0 Å². The number of hydrogen-bond acceptors (Lipinski definition) is 3. The zero-order chi connectivity index (χ0) is 11.9. The number of rotatable bonds is 1. The minimum absolute atomic E-state index is 0. The van der Waals surface area contributed by atoms with Crippen molar-refractivity contribution in [2.75, 3.05) is 0 Å². The van der Waals surface area contributed by atoms with Gasteiger partial charge in [-0.2, -0.15) is 33.2 Å². The molecule has 2 aromatic heterocycles. The Bertz CT molecular complexity index is 836. The molecule has 2 aromatic carbocycles.